The lowest BCUT2D eigenvalue weighted by Gasteiger charge is -2.25. The van der Waals surface area contributed by atoms with Crippen LogP contribution < -0.4 is 9.64 Å². The van der Waals surface area contributed by atoms with E-state index in [0.29, 0.717) is 17.4 Å². The van der Waals surface area contributed by atoms with Crippen LogP contribution in [0.5, 0.6) is 5.75 Å². The summed E-state index contributed by atoms with van der Waals surface area (Å²) in [6.07, 6.45) is 1.72. The van der Waals surface area contributed by atoms with Crippen molar-refractivity contribution in [2.75, 3.05) is 38.2 Å². The van der Waals surface area contributed by atoms with Gasteiger partial charge < -0.3 is 9.64 Å². The summed E-state index contributed by atoms with van der Waals surface area (Å²) in [6, 6.07) is 3.95. The molecule has 2 heterocycles. The van der Waals surface area contributed by atoms with Crippen LogP contribution in [0.2, 0.25) is 0 Å². The SMILES string of the molecule is CCN(CC)CCN(C(=O)c1c(C)cnn1C)c1nc2c(OC)ccc(C)c2s1. The lowest BCUT2D eigenvalue weighted by Crippen LogP contribution is -2.39. The number of thiazole rings is 1. The van der Waals surface area contributed by atoms with E-state index in [1.54, 1.807) is 29.9 Å². The second-order valence-electron chi connectivity index (χ2n) is 7.04. The Hall–Kier alpha value is -2.45. The van der Waals surface area contributed by atoms with E-state index in [4.69, 9.17) is 9.72 Å². The number of aryl methyl sites for hydroxylation is 3. The molecular weight excluding hydrogens is 386 g/mol. The first-order valence-electron chi connectivity index (χ1n) is 9.88. The van der Waals surface area contributed by atoms with Crippen LogP contribution in [0.15, 0.2) is 18.3 Å². The number of amides is 1. The van der Waals surface area contributed by atoms with E-state index in [2.05, 4.69) is 30.8 Å². The molecule has 0 spiro atoms. The summed E-state index contributed by atoms with van der Waals surface area (Å²) in [7, 11) is 3.44. The summed E-state index contributed by atoms with van der Waals surface area (Å²) in [4.78, 5) is 22.4. The van der Waals surface area contributed by atoms with Gasteiger partial charge in [-0.2, -0.15) is 5.10 Å². The lowest BCUT2D eigenvalue weighted by atomic mass is 10.2. The Balaban J connectivity index is 2.06. The Morgan fingerprint density at radius 1 is 1.17 bits per heavy atom. The average molecular weight is 416 g/mol. The molecule has 0 unspecified atom stereocenters. The molecule has 8 heteroatoms. The fourth-order valence-corrected chi connectivity index (χ4v) is 4.50. The number of carbonyl (C=O) groups is 1. The lowest BCUT2D eigenvalue weighted by molar-refractivity contribution is 0.0974. The monoisotopic (exact) mass is 415 g/mol. The number of fused-ring (bicyclic) bond motifs is 1. The maximum atomic E-state index is 13.5. The van der Waals surface area contributed by atoms with Crippen molar-refractivity contribution in [1.29, 1.82) is 0 Å². The minimum absolute atomic E-state index is 0.0784. The third kappa shape index (κ3) is 4.13. The van der Waals surface area contributed by atoms with Gasteiger partial charge in [0.2, 0.25) is 0 Å². The Morgan fingerprint density at radius 2 is 1.90 bits per heavy atom. The summed E-state index contributed by atoms with van der Waals surface area (Å²) in [5.74, 6) is 0.645. The standard InChI is InChI=1S/C21H29N5O2S/c1-7-25(8-2)11-12-26(20(27)18-15(4)13-22-24(18)5)21-23-17-16(28-6)10-9-14(3)19(17)29-21/h9-10,13H,7-8,11-12H2,1-6H3. The van der Waals surface area contributed by atoms with Gasteiger partial charge in [0.05, 0.1) is 18.0 Å². The first kappa shape index (κ1) is 21.3. The third-order valence-corrected chi connectivity index (χ3v) is 6.46. The second-order valence-corrected chi connectivity index (χ2v) is 8.02. The van der Waals surface area contributed by atoms with Gasteiger partial charge in [-0.3, -0.25) is 14.4 Å². The number of likely N-dealkylation sites (N-methyl/N-ethyl adjacent to an activating group) is 1. The van der Waals surface area contributed by atoms with E-state index in [-0.39, 0.29) is 5.91 Å². The number of hydrogen-bond donors (Lipinski definition) is 0. The number of methoxy groups -OCH3 is 1. The van der Waals surface area contributed by atoms with E-state index in [1.165, 1.54) is 11.3 Å². The molecule has 0 aliphatic heterocycles. The van der Waals surface area contributed by atoms with E-state index in [0.717, 1.165) is 46.7 Å². The molecule has 0 atom stereocenters. The van der Waals surface area contributed by atoms with Gasteiger partial charge in [-0.25, -0.2) is 4.98 Å². The van der Waals surface area contributed by atoms with Crippen LogP contribution in [0.1, 0.15) is 35.5 Å². The van der Waals surface area contributed by atoms with Crippen molar-refractivity contribution in [1.82, 2.24) is 19.7 Å². The first-order valence-corrected chi connectivity index (χ1v) is 10.7. The van der Waals surface area contributed by atoms with Crippen LogP contribution in [0.3, 0.4) is 0 Å². The summed E-state index contributed by atoms with van der Waals surface area (Å²) < 4.78 is 8.18. The number of nitrogens with zero attached hydrogens (tertiary/aromatic N) is 5. The van der Waals surface area contributed by atoms with E-state index in [9.17, 15) is 4.79 Å². The predicted molar refractivity (Wildman–Crippen MR) is 118 cm³/mol. The molecule has 0 radical (unpaired) electrons. The van der Waals surface area contributed by atoms with Gasteiger partial charge in [-0.1, -0.05) is 31.3 Å². The Bertz CT molecular complexity index is 987. The largest absolute Gasteiger partial charge is 0.494 e. The molecule has 0 N–H and O–H groups in total. The zero-order valence-electron chi connectivity index (χ0n) is 18.0. The fraction of sp³-hybridized carbons (Fsp3) is 0.476. The molecule has 1 aromatic carbocycles. The molecule has 7 nitrogen and oxygen atoms in total. The highest BCUT2D eigenvalue weighted by Crippen LogP contribution is 2.36. The number of hydrogen-bond acceptors (Lipinski definition) is 6. The van der Waals surface area contributed by atoms with Crippen molar-refractivity contribution in [2.24, 2.45) is 7.05 Å². The molecular formula is C21H29N5O2S. The molecule has 1 amide bonds. The van der Waals surface area contributed by atoms with Crippen molar-refractivity contribution in [3.05, 3.63) is 35.2 Å². The summed E-state index contributed by atoms with van der Waals surface area (Å²) >= 11 is 1.53. The van der Waals surface area contributed by atoms with Crippen LogP contribution >= 0.6 is 11.3 Å². The van der Waals surface area contributed by atoms with Crippen molar-refractivity contribution in [2.45, 2.75) is 27.7 Å². The van der Waals surface area contributed by atoms with Crippen molar-refractivity contribution in [3.8, 4) is 5.75 Å². The molecule has 3 aromatic rings. The van der Waals surface area contributed by atoms with Gasteiger partial charge in [0.1, 0.15) is 17.0 Å². The summed E-state index contributed by atoms with van der Waals surface area (Å²) in [6.45, 7) is 11.4. The van der Waals surface area contributed by atoms with Gasteiger partial charge in [-0.05, 0) is 44.1 Å². The van der Waals surface area contributed by atoms with E-state index >= 15 is 0 Å². The van der Waals surface area contributed by atoms with Crippen molar-refractivity contribution in [3.63, 3.8) is 0 Å². The summed E-state index contributed by atoms with van der Waals surface area (Å²) in [5.41, 5.74) is 3.37. The van der Waals surface area contributed by atoms with E-state index in [1.807, 2.05) is 19.1 Å². The smallest absolute Gasteiger partial charge is 0.278 e. The number of ether oxygens (including phenoxy) is 1. The number of rotatable bonds is 8. The quantitative estimate of drug-likeness (QED) is 0.562. The number of carbonyl (C=O) groups excluding carboxylic acids is 1. The Labute approximate surface area is 175 Å². The van der Waals surface area contributed by atoms with E-state index < -0.39 is 0 Å². The highest BCUT2D eigenvalue weighted by Gasteiger charge is 2.26. The molecule has 2 aromatic heterocycles. The number of aromatic nitrogens is 3. The normalized spacial score (nSPS) is 11.4. The maximum Gasteiger partial charge on any atom is 0.278 e. The minimum Gasteiger partial charge on any atom is -0.494 e. The molecule has 0 fully saturated rings. The highest BCUT2D eigenvalue weighted by atomic mass is 32.1. The average Bonchev–Trinajstić information content (AvgIpc) is 3.29. The molecule has 156 valence electrons. The molecule has 0 saturated carbocycles. The fourth-order valence-electron chi connectivity index (χ4n) is 3.43. The molecule has 0 bridgehead atoms. The third-order valence-electron chi connectivity index (χ3n) is 5.25. The van der Waals surface area contributed by atoms with Gasteiger partial charge >= 0.3 is 0 Å². The highest BCUT2D eigenvalue weighted by molar-refractivity contribution is 7.22. The zero-order chi connectivity index (χ0) is 21.1. The Kier molecular flexibility index (Phi) is 6.54. The number of anilines is 1. The van der Waals surface area contributed by atoms with Gasteiger partial charge in [0.15, 0.2) is 5.13 Å². The Morgan fingerprint density at radius 3 is 2.48 bits per heavy atom. The summed E-state index contributed by atoms with van der Waals surface area (Å²) in [5, 5.41) is 4.93. The van der Waals surface area contributed by atoms with Gasteiger partial charge in [0, 0.05) is 20.1 Å². The van der Waals surface area contributed by atoms with Crippen molar-refractivity contribution >= 4 is 32.6 Å². The molecule has 0 aliphatic rings. The zero-order valence-corrected chi connectivity index (χ0v) is 18.8. The molecule has 0 aliphatic carbocycles. The van der Waals surface area contributed by atoms with Crippen LogP contribution in [-0.2, 0) is 7.05 Å². The first-order chi connectivity index (χ1) is 13.9. The van der Waals surface area contributed by atoms with Crippen molar-refractivity contribution < 1.29 is 9.53 Å². The van der Waals surface area contributed by atoms with Crippen LogP contribution in [0, 0.1) is 13.8 Å². The number of benzene rings is 1. The minimum atomic E-state index is -0.0784. The molecule has 29 heavy (non-hydrogen) atoms. The maximum absolute atomic E-state index is 13.5. The predicted octanol–water partition coefficient (Wildman–Crippen LogP) is 3.64. The van der Waals surface area contributed by atoms with Crippen LogP contribution in [-0.4, -0.2) is 58.9 Å². The van der Waals surface area contributed by atoms with Crippen LogP contribution in [0.4, 0.5) is 5.13 Å². The van der Waals surface area contributed by atoms with Crippen LogP contribution in [0.25, 0.3) is 10.2 Å². The van der Waals surface area contributed by atoms with Gasteiger partial charge in [-0.15, -0.1) is 0 Å². The van der Waals surface area contributed by atoms with Gasteiger partial charge in [0.25, 0.3) is 5.91 Å². The molecule has 0 saturated heterocycles. The second kappa shape index (κ2) is 8.92. The molecule has 3 rings (SSSR count). The topological polar surface area (TPSA) is 63.5 Å².